The number of carbonyl (C=O) groups excluding carboxylic acids is 1. The summed E-state index contributed by atoms with van der Waals surface area (Å²) in [5.74, 6) is 0.388. The van der Waals surface area contributed by atoms with Crippen LogP contribution in [0.3, 0.4) is 0 Å². The molecule has 0 aliphatic rings. The molecule has 1 amide bonds. The highest BCUT2D eigenvalue weighted by Gasteiger charge is 2.17. The van der Waals surface area contributed by atoms with Gasteiger partial charge in [-0.25, -0.2) is 9.78 Å². The maximum Gasteiger partial charge on any atom is 0.327 e. The summed E-state index contributed by atoms with van der Waals surface area (Å²) in [6.07, 6.45) is 2.96. The third-order valence-corrected chi connectivity index (χ3v) is 3.98. The van der Waals surface area contributed by atoms with Gasteiger partial charge in [-0.15, -0.1) is 6.58 Å². The molecule has 0 fully saturated rings. The van der Waals surface area contributed by atoms with Crippen LogP contribution in [0.5, 0.6) is 5.75 Å². The van der Waals surface area contributed by atoms with E-state index in [9.17, 15) is 14.4 Å². The molecule has 0 atom stereocenters. The van der Waals surface area contributed by atoms with E-state index in [0.29, 0.717) is 18.8 Å². The second kappa shape index (κ2) is 7.69. The molecule has 27 heavy (non-hydrogen) atoms. The fraction of sp³-hybridized carbons (Fsp3) is 0.158. The predicted molar refractivity (Wildman–Crippen MR) is 101 cm³/mol. The minimum atomic E-state index is -0.648. The number of methoxy groups -OCH3 is 1. The lowest BCUT2D eigenvalue weighted by Gasteiger charge is -2.21. The van der Waals surface area contributed by atoms with Crippen molar-refractivity contribution in [3.8, 4) is 5.75 Å². The highest BCUT2D eigenvalue weighted by molar-refractivity contribution is 5.96. The van der Waals surface area contributed by atoms with E-state index in [1.54, 1.807) is 18.1 Å². The largest absolute Gasteiger partial charge is 0.497 e. The number of fused-ring (bicyclic) bond motifs is 1. The molecule has 0 spiro atoms. The zero-order chi connectivity index (χ0) is 19.4. The van der Waals surface area contributed by atoms with Gasteiger partial charge in [0, 0.05) is 19.3 Å². The molecule has 8 heteroatoms. The molecule has 2 aromatic heterocycles. The number of rotatable bonds is 6. The van der Waals surface area contributed by atoms with Gasteiger partial charge >= 0.3 is 5.69 Å². The first kappa shape index (κ1) is 18.1. The van der Waals surface area contributed by atoms with Crippen molar-refractivity contribution in [1.29, 1.82) is 0 Å². The number of hydrogen-bond donors (Lipinski definition) is 2. The Hall–Kier alpha value is -3.68. The quantitative estimate of drug-likeness (QED) is 0.642. The molecular weight excluding hydrogens is 348 g/mol. The number of hydrogen-bond acceptors (Lipinski definition) is 5. The zero-order valence-electron chi connectivity index (χ0n) is 14.7. The van der Waals surface area contributed by atoms with Crippen LogP contribution in [0.2, 0.25) is 0 Å². The van der Waals surface area contributed by atoms with Crippen molar-refractivity contribution in [3.63, 3.8) is 0 Å². The Morgan fingerprint density at radius 2 is 2.11 bits per heavy atom. The van der Waals surface area contributed by atoms with Crippen LogP contribution >= 0.6 is 0 Å². The zero-order valence-corrected chi connectivity index (χ0v) is 14.7. The summed E-state index contributed by atoms with van der Waals surface area (Å²) in [6.45, 7) is 4.35. The number of nitrogens with one attached hydrogen (secondary N) is 2. The first-order valence-electron chi connectivity index (χ1n) is 8.17. The predicted octanol–water partition coefficient (Wildman–Crippen LogP) is 1.45. The van der Waals surface area contributed by atoms with Gasteiger partial charge in [0.05, 0.1) is 18.1 Å². The third kappa shape index (κ3) is 3.95. The molecular formula is C19H18N4O4. The van der Waals surface area contributed by atoms with Gasteiger partial charge in [-0.2, -0.15) is 0 Å². The van der Waals surface area contributed by atoms with E-state index in [1.165, 1.54) is 12.3 Å². The lowest BCUT2D eigenvalue weighted by molar-refractivity contribution is 0.0762. The minimum Gasteiger partial charge on any atom is -0.497 e. The van der Waals surface area contributed by atoms with Gasteiger partial charge in [0.15, 0.2) is 0 Å². The number of aromatic nitrogens is 3. The van der Waals surface area contributed by atoms with Crippen LogP contribution in [-0.4, -0.2) is 39.4 Å². The van der Waals surface area contributed by atoms with Crippen LogP contribution in [0.4, 0.5) is 0 Å². The van der Waals surface area contributed by atoms with Crippen LogP contribution in [0.15, 0.2) is 58.8 Å². The second-order valence-corrected chi connectivity index (χ2v) is 5.85. The summed E-state index contributed by atoms with van der Waals surface area (Å²) in [5.41, 5.74) is 0.0120. The number of carbonyl (C=O) groups is 1. The Bertz CT molecular complexity index is 1120. The molecule has 2 N–H and O–H groups in total. The van der Waals surface area contributed by atoms with Crippen LogP contribution in [0, 0.1) is 0 Å². The molecule has 138 valence electrons. The molecule has 0 saturated carbocycles. The molecule has 0 unspecified atom stereocenters. The standard InChI is InChI=1S/C19H18N4O4/c1-3-7-23(11-12-5-4-6-14(8-12)27-2)18(25)13-9-15-16(20-10-13)21-19(26)22-17(15)24/h3-6,8-10H,1,7,11H2,2H3,(H2,20,21,22,24,26). The number of ether oxygens (including phenoxy) is 1. The molecule has 0 bridgehead atoms. The lowest BCUT2D eigenvalue weighted by atomic mass is 10.1. The Balaban J connectivity index is 1.94. The lowest BCUT2D eigenvalue weighted by Crippen LogP contribution is -2.31. The number of amides is 1. The van der Waals surface area contributed by atoms with Crippen molar-refractivity contribution >= 4 is 16.9 Å². The number of H-pyrrole nitrogens is 2. The Morgan fingerprint density at radius 1 is 1.30 bits per heavy atom. The maximum atomic E-state index is 12.9. The van der Waals surface area contributed by atoms with Crippen LogP contribution in [0.25, 0.3) is 11.0 Å². The molecule has 1 aromatic carbocycles. The van der Waals surface area contributed by atoms with E-state index in [2.05, 4.69) is 21.5 Å². The number of pyridine rings is 1. The van der Waals surface area contributed by atoms with E-state index < -0.39 is 11.2 Å². The van der Waals surface area contributed by atoms with Gasteiger partial charge < -0.3 is 9.64 Å². The smallest absolute Gasteiger partial charge is 0.327 e. The summed E-state index contributed by atoms with van der Waals surface area (Å²) in [5, 5.41) is 0.139. The summed E-state index contributed by atoms with van der Waals surface area (Å²) in [4.78, 5) is 46.4. The second-order valence-electron chi connectivity index (χ2n) is 5.85. The Kier molecular flexibility index (Phi) is 5.16. The van der Waals surface area contributed by atoms with Crippen molar-refractivity contribution in [2.45, 2.75) is 6.54 Å². The van der Waals surface area contributed by atoms with Gasteiger partial charge in [-0.3, -0.25) is 19.6 Å². The van der Waals surface area contributed by atoms with Crippen molar-refractivity contribution in [2.24, 2.45) is 0 Å². The van der Waals surface area contributed by atoms with E-state index >= 15 is 0 Å². The Morgan fingerprint density at radius 3 is 2.85 bits per heavy atom. The summed E-state index contributed by atoms with van der Waals surface area (Å²) in [6, 6.07) is 8.82. The van der Waals surface area contributed by atoms with Gasteiger partial charge in [0.1, 0.15) is 11.4 Å². The van der Waals surface area contributed by atoms with Gasteiger partial charge in [-0.05, 0) is 23.8 Å². The monoisotopic (exact) mass is 366 g/mol. The first-order valence-corrected chi connectivity index (χ1v) is 8.17. The summed E-state index contributed by atoms with van der Waals surface area (Å²) >= 11 is 0. The average Bonchev–Trinajstić information content (AvgIpc) is 2.67. The third-order valence-electron chi connectivity index (χ3n) is 3.98. The fourth-order valence-corrected chi connectivity index (χ4v) is 2.71. The normalized spacial score (nSPS) is 10.6. The SMILES string of the molecule is C=CCN(Cc1cccc(OC)c1)C(=O)c1cnc2[nH]c(=O)[nH]c(=O)c2c1. The first-order chi connectivity index (χ1) is 13.0. The van der Waals surface area contributed by atoms with Crippen molar-refractivity contribution < 1.29 is 9.53 Å². The van der Waals surface area contributed by atoms with Gasteiger partial charge in [0.25, 0.3) is 11.5 Å². The van der Waals surface area contributed by atoms with Gasteiger partial charge in [0.2, 0.25) is 0 Å². The minimum absolute atomic E-state index is 0.128. The molecule has 0 aliphatic carbocycles. The average molecular weight is 366 g/mol. The van der Waals surface area contributed by atoms with E-state index in [4.69, 9.17) is 4.74 Å². The van der Waals surface area contributed by atoms with E-state index in [-0.39, 0.29) is 22.5 Å². The fourth-order valence-electron chi connectivity index (χ4n) is 2.71. The van der Waals surface area contributed by atoms with E-state index in [1.807, 2.05) is 24.3 Å². The van der Waals surface area contributed by atoms with E-state index in [0.717, 1.165) is 5.56 Å². The van der Waals surface area contributed by atoms with Crippen LogP contribution < -0.4 is 16.0 Å². The van der Waals surface area contributed by atoms with Crippen molar-refractivity contribution in [3.05, 3.63) is 81.1 Å². The van der Waals surface area contributed by atoms with Gasteiger partial charge in [-0.1, -0.05) is 18.2 Å². The molecule has 3 aromatic rings. The Labute approximate surface area is 154 Å². The molecule has 0 aliphatic heterocycles. The molecule has 0 saturated heterocycles. The topological polar surface area (TPSA) is 108 Å². The number of aromatic amines is 2. The van der Waals surface area contributed by atoms with Crippen LogP contribution in [0.1, 0.15) is 15.9 Å². The molecule has 0 radical (unpaired) electrons. The summed E-state index contributed by atoms with van der Waals surface area (Å²) < 4.78 is 5.21. The molecule has 8 nitrogen and oxygen atoms in total. The van der Waals surface area contributed by atoms with Crippen LogP contribution in [-0.2, 0) is 6.54 Å². The van der Waals surface area contributed by atoms with Crippen molar-refractivity contribution in [2.75, 3.05) is 13.7 Å². The number of benzene rings is 1. The highest BCUT2D eigenvalue weighted by Crippen LogP contribution is 2.16. The molecule has 3 rings (SSSR count). The molecule has 2 heterocycles. The maximum absolute atomic E-state index is 12.9. The highest BCUT2D eigenvalue weighted by atomic mass is 16.5. The van der Waals surface area contributed by atoms with Crippen molar-refractivity contribution in [1.82, 2.24) is 19.9 Å². The summed E-state index contributed by atoms with van der Waals surface area (Å²) in [7, 11) is 1.58. The number of nitrogens with zero attached hydrogens (tertiary/aromatic N) is 2.